The average Bonchev–Trinajstić information content (AvgIpc) is 2.66. The maximum atomic E-state index is 12.5. The van der Waals surface area contributed by atoms with Crippen molar-refractivity contribution >= 4 is 5.91 Å². The zero-order valence-corrected chi connectivity index (χ0v) is 14.8. The van der Waals surface area contributed by atoms with Gasteiger partial charge in [0.2, 0.25) is 0 Å². The van der Waals surface area contributed by atoms with Gasteiger partial charge in [0.1, 0.15) is 12.4 Å². The Bertz CT molecular complexity index is 694. The van der Waals surface area contributed by atoms with Crippen LogP contribution in [0.15, 0.2) is 54.6 Å². The first-order valence-corrected chi connectivity index (χ1v) is 8.90. The van der Waals surface area contributed by atoms with E-state index in [9.17, 15) is 4.79 Å². The van der Waals surface area contributed by atoms with Gasteiger partial charge in [-0.05, 0) is 55.1 Å². The number of carbonyl (C=O) groups excluding carboxylic acids is 1. The molecule has 2 N–H and O–H groups in total. The SMILES string of the molecule is CC1(CNC(=O)c2cccc(OCc3ccccc3)c2)CCNCC1. The Labute approximate surface area is 149 Å². The molecule has 1 aliphatic heterocycles. The van der Waals surface area contributed by atoms with E-state index in [0.717, 1.165) is 31.5 Å². The summed E-state index contributed by atoms with van der Waals surface area (Å²) in [5.41, 5.74) is 1.93. The quantitative estimate of drug-likeness (QED) is 0.849. The molecule has 0 aliphatic carbocycles. The normalized spacial score (nSPS) is 16.2. The molecule has 2 aromatic rings. The van der Waals surface area contributed by atoms with Crippen molar-refractivity contribution in [3.8, 4) is 5.75 Å². The largest absolute Gasteiger partial charge is 0.489 e. The van der Waals surface area contributed by atoms with E-state index in [-0.39, 0.29) is 11.3 Å². The summed E-state index contributed by atoms with van der Waals surface area (Å²) < 4.78 is 5.81. The predicted molar refractivity (Wildman–Crippen MR) is 99.8 cm³/mol. The Morgan fingerprint density at radius 2 is 1.88 bits per heavy atom. The highest BCUT2D eigenvalue weighted by molar-refractivity contribution is 5.94. The predicted octanol–water partition coefficient (Wildman–Crippen LogP) is 3.39. The molecule has 1 heterocycles. The van der Waals surface area contributed by atoms with Crippen LogP contribution in [0.3, 0.4) is 0 Å². The molecule has 0 atom stereocenters. The molecule has 0 spiro atoms. The minimum Gasteiger partial charge on any atom is -0.489 e. The lowest BCUT2D eigenvalue weighted by molar-refractivity contribution is 0.0922. The number of benzene rings is 2. The Balaban J connectivity index is 1.55. The van der Waals surface area contributed by atoms with Crippen molar-refractivity contribution in [2.24, 2.45) is 5.41 Å². The zero-order valence-electron chi connectivity index (χ0n) is 14.8. The summed E-state index contributed by atoms with van der Waals surface area (Å²) in [6.45, 7) is 5.50. The Morgan fingerprint density at radius 3 is 2.64 bits per heavy atom. The number of carbonyl (C=O) groups is 1. The molecular formula is C21H26N2O2. The van der Waals surface area contributed by atoms with Crippen LogP contribution in [-0.2, 0) is 6.61 Å². The van der Waals surface area contributed by atoms with E-state index in [1.165, 1.54) is 0 Å². The van der Waals surface area contributed by atoms with E-state index < -0.39 is 0 Å². The van der Waals surface area contributed by atoms with Gasteiger partial charge in [-0.1, -0.05) is 43.3 Å². The molecule has 2 aromatic carbocycles. The first kappa shape index (κ1) is 17.5. The second-order valence-corrected chi connectivity index (χ2v) is 7.05. The summed E-state index contributed by atoms with van der Waals surface area (Å²) >= 11 is 0. The van der Waals surface area contributed by atoms with Crippen molar-refractivity contribution in [2.75, 3.05) is 19.6 Å². The van der Waals surface area contributed by atoms with Gasteiger partial charge >= 0.3 is 0 Å². The summed E-state index contributed by atoms with van der Waals surface area (Å²) in [7, 11) is 0. The minimum absolute atomic E-state index is 0.0371. The van der Waals surface area contributed by atoms with E-state index in [2.05, 4.69) is 17.6 Å². The van der Waals surface area contributed by atoms with Crippen molar-refractivity contribution in [1.29, 1.82) is 0 Å². The molecule has 4 heteroatoms. The van der Waals surface area contributed by atoms with E-state index in [0.29, 0.717) is 24.5 Å². The lowest BCUT2D eigenvalue weighted by atomic mass is 9.81. The Hall–Kier alpha value is -2.33. The van der Waals surface area contributed by atoms with Crippen LogP contribution >= 0.6 is 0 Å². The number of hydrogen-bond donors (Lipinski definition) is 2. The summed E-state index contributed by atoms with van der Waals surface area (Å²) in [4.78, 5) is 12.5. The molecule has 0 bridgehead atoms. The highest BCUT2D eigenvalue weighted by Crippen LogP contribution is 2.26. The summed E-state index contributed by atoms with van der Waals surface area (Å²) in [6, 6.07) is 17.4. The van der Waals surface area contributed by atoms with Gasteiger partial charge in [-0.15, -0.1) is 0 Å². The van der Waals surface area contributed by atoms with Crippen LogP contribution in [0.25, 0.3) is 0 Å². The van der Waals surface area contributed by atoms with Crippen LogP contribution < -0.4 is 15.4 Å². The molecule has 3 rings (SSSR count). The first-order chi connectivity index (χ1) is 12.1. The fraction of sp³-hybridized carbons (Fsp3) is 0.381. The van der Waals surface area contributed by atoms with Gasteiger partial charge < -0.3 is 15.4 Å². The molecule has 0 saturated carbocycles. The van der Waals surface area contributed by atoms with Crippen LogP contribution in [0.2, 0.25) is 0 Å². The van der Waals surface area contributed by atoms with Crippen molar-refractivity contribution in [1.82, 2.24) is 10.6 Å². The van der Waals surface area contributed by atoms with Crippen LogP contribution in [-0.4, -0.2) is 25.5 Å². The molecule has 4 nitrogen and oxygen atoms in total. The van der Waals surface area contributed by atoms with E-state index in [1.54, 1.807) is 0 Å². The summed E-state index contributed by atoms with van der Waals surface area (Å²) in [5, 5.41) is 6.45. The fourth-order valence-electron chi connectivity index (χ4n) is 3.07. The summed E-state index contributed by atoms with van der Waals surface area (Å²) in [6.07, 6.45) is 2.18. The van der Waals surface area contributed by atoms with E-state index in [1.807, 2.05) is 54.6 Å². The van der Waals surface area contributed by atoms with Gasteiger partial charge in [0.25, 0.3) is 5.91 Å². The highest BCUT2D eigenvalue weighted by Gasteiger charge is 2.27. The van der Waals surface area contributed by atoms with Crippen LogP contribution in [0, 0.1) is 5.41 Å². The molecule has 0 radical (unpaired) electrons. The number of amides is 1. The van der Waals surface area contributed by atoms with Gasteiger partial charge in [0.15, 0.2) is 0 Å². The molecule has 1 aliphatic rings. The Kier molecular flexibility index (Phi) is 5.71. The third-order valence-electron chi connectivity index (χ3n) is 4.83. The molecule has 1 fully saturated rings. The lowest BCUT2D eigenvalue weighted by Crippen LogP contribution is -2.42. The lowest BCUT2D eigenvalue weighted by Gasteiger charge is -2.34. The number of ether oxygens (including phenoxy) is 1. The van der Waals surface area contributed by atoms with Crippen LogP contribution in [0.1, 0.15) is 35.7 Å². The van der Waals surface area contributed by atoms with Gasteiger partial charge in [-0.25, -0.2) is 0 Å². The fourth-order valence-corrected chi connectivity index (χ4v) is 3.07. The number of nitrogens with one attached hydrogen (secondary N) is 2. The molecule has 0 aromatic heterocycles. The van der Waals surface area contributed by atoms with Gasteiger partial charge in [-0.2, -0.15) is 0 Å². The smallest absolute Gasteiger partial charge is 0.251 e. The number of hydrogen-bond acceptors (Lipinski definition) is 3. The maximum absolute atomic E-state index is 12.5. The molecule has 25 heavy (non-hydrogen) atoms. The number of rotatable bonds is 6. The Morgan fingerprint density at radius 1 is 1.12 bits per heavy atom. The monoisotopic (exact) mass is 338 g/mol. The topological polar surface area (TPSA) is 50.4 Å². The van der Waals surface area contributed by atoms with Crippen LogP contribution in [0.4, 0.5) is 0 Å². The second-order valence-electron chi connectivity index (χ2n) is 7.05. The van der Waals surface area contributed by atoms with Gasteiger partial charge in [0, 0.05) is 12.1 Å². The van der Waals surface area contributed by atoms with E-state index in [4.69, 9.17) is 4.74 Å². The van der Waals surface area contributed by atoms with Crippen molar-refractivity contribution in [3.05, 3.63) is 65.7 Å². The number of piperidine rings is 1. The van der Waals surface area contributed by atoms with Gasteiger partial charge in [0.05, 0.1) is 0 Å². The molecular weight excluding hydrogens is 312 g/mol. The van der Waals surface area contributed by atoms with Crippen molar-refractivity contribution in [2.45, 2.75) is 26.4 Å². The van der Waals surface area contributed by atoms with Gasteiger partial charge in [-0.3, -0.25) is 4.79 Å². The highest BCUT2D eigenvalue weighted by atomic mass is 16.5. The minimum atomic E-state index is -0.0371. The molecule has 1 amide bonds. The van der Waals surface area contributed by atoms with E-state index >= 15 is 0 Å². The third kappa shape index (κ3) is 5.07. The maximum Gasteiger partial charge on any atom is 0.251 e. The average molecular weight is 338 g/mol. The summed E-state index contributed by atoms with van der Waals surface area (Å²) in [5.74, 6) is 0.675. The zero-order chi connectivity index (χ0) is 17.5. The molecule has 132 valence electrons. The standard InChI is InChI=1S/C21H26N2O2/c1-21(10-12-22-13-11-21)16-23-20(24)18-8-5-9-19(14-18)25-15-17-6-3-2-4-7-17/h2-9,14,22H,10-13,15-16H2,1H3,(H,23,24). The third-order valence-corrected chi connectivity index (χ3v) is 4.83. The second kappa shape index (κ2) is 8.17. The molecule has 1 saturated heterocycles. The molecule has 0 unspecified atom stereocenters. The van der Waals surface area contributed by atoms with Crippen LogP contribution in [0.5, 0.6) is 5.75 Å². The van der Waals surface area contributed by atoms with Crippen molar-refractivity contribution < 1.29 is 9.53 Å². The van der Waals surface area contributed by atoms with Crippen molar-refractivity contribution in [3.63, 3.8) is 0 Å². The first-order valence-electron chi connectivity index (χ1n) is 8.90.